The fraction of sp³-hybridized carbons (Fsp3) is 0.438. The second-order valence-corrected chi connectivity index (χ2v) is 5.99. The molecule has 1 unspecified atom stereocenters. The molecule has 106 valence electrons. The standard InChI is InChI=1S/C16H19ClN2O/c1-10-15(11(2)20-19-10)9-18-16(12-3-4-12)13-5-7-14(17)8-6-13/h5-8,12,16,18H,3-4,9H2,1-2H3. The maximum Gasteiger partial charge on any atom is 0.138 e. The Balaban J connectivity index is 1.74. The number of halogens is 1. The minimum Gasteiger partial charge on any atom is -0.361 e. The van der Waals surface area contributed by atoms with Gasteiger partial charge in [-0.2, -0.15) is 0 Å². The van der Waals surface area contributed by atoms with E-state index < -0.39 is 0 Å². The molecule has 1 aliphatic rings. The van der Waals surface area contributed by atoms with E-state index in [-0.39, 0.29) is 0 Å². The molecule has 0 amide bonds. The van der Waals surface area contributed by atoms with Gasteiger partial charge in [-0.25, -0.2) is 0 Å². The van der Waals surface area contributed by atoms with Crippen LogP contribution in [0.2, 0.25) is 5.02 Å². The van der Waals surface area contributed by atoms with Crippen molar-refractivity contribution in [3.63, 3.8) is 0 Å². The summed E-state index contributed by atoms with van der Waals surface area (Å²) in [5, 5.41) is 8.45. The Morgan fingerprint density at radius 2 is 2.00 bits per heavy atom. The molecule has 3 rings (SSSR count). The van der Waals surface area contributed by atoms with Gasteiger partial charge in [-0.05, 0) is 50.3 Å². The Morgan fingerprint density at radius 3 is 2.55 bits per heavy atom. The lowest BCUT2D eigenvalue weighted by Crippen LogP contribution is -2.23. The van der Waals surface area contributed by atoms with E-state index in [0.717, 1.165) is 28.9 Å². The average Bonchev–Trinajstić information content (AvgIpc) is 3.22. The van der Waals surface area contributed by atoms with E-state index in [0.29, 0.717) is 6.04 Å². The Kier molecular flexibility index (Phi) is 3.81. The largest absolute Gasteiger partial charge is 0.361 e. The normalized spacial score (nSPS) is 16.4. The lowest BCUT2D eigenvalue weighted by molar-refractivity contribution is 0.391. The third kappa shape index (κ3) is 2.89. The molecule has 3 nitrogen and oxygen atoms in total. The van der Waals surface area contributed by atoms with Crippen molar-refractivity contribution in [2.24, 2.45) is 5.92 Å². The van der Waals surface area contributed by atoms with Crippen molar-refractivity contribution in [3.05, 3.63) is 51.9 Å². The van der Waals surface area contributed by atoms with Crippen LogP contribution in [0, 0.1) is 19.8 Å². The molecule has 20 heavy (non-hydrogen) atoms. The first kappa shape index (κ1) is 13.7. The zero-order valence-corrected chi connectivity index (χ0v) is 12.6. The Hall–Kier alpha value is -1.32. The summed E-state index contributed by atoms with van der Waals surface area (Å²) in [7, 11) is 0. The van der Waals surface area contributed by atoms with Crippen LogP contribution in [0.1, 0.15) is 41.5 Å². The Bertz CT molecular complexity index is 568. The molecule has 1 aromatic carbocycles. The van der Waals surface area contributed by atoms with E-state index in [9.17, 15) is 0 Å². The third-order valence-electron chi connectivity index (χ3n) is 4.00. The van der Waals surface area contributed by atoms with E-state index in [2.05, 4.69) is 22.6 Å². The van der Waals surface area contributed by atoms with Crippen LogP contribution in [0.5, 0.6) is 0 Å². The van der Waals surface area contributed by atoms with Crippen molar-refractivity contribution < 1.29 is 4.52 Å². The quantitative estimate of drug-likeness (QED) is 0.897. The minimum atomic E-state index is 0.390. The number of hydrogen-bond donors (Lipinski definition) is 1. The molecule has 0 aliphatic heterocycles. The van der Waals surface area contributed by atoms with E-state index in [1.165, 1.54) is 24.0 Å². The van der Waals surface area contributed by atoms with Crippen molar-refractivity contribution in [2.75, 3.05) is 0 Å². The third-order valence-corrected chi connectivity index (χ3v) is 4.25. The van der Waals surface area contributed by atoms with Gasteiger partial charge in [-0.15, -0.1) is 0 Å². The Labute approximate surface area is 124 Å². The number of hydrogen-bond acceptors (Lipinski definition) is 3. The molecule has 1 heterocycles. The van der Waals surface area contributed by atoms with E-state index in [1.54, 1.807) is 0 Å². The highest BCUT2D eigenvalue weighted by atomic mass is 35.5. The van der Waals surface area contributed by atoms with E-state index in [4.69, 9.17) is 16.1 Å². The maximum atomic E-state index is 5.97. The summed E-state index contributed by atoms with van der Waals surface area (Å²) in [6.45, 7) is 4.75. The molecule has 2 aromatic rings. The van der Waals surface area contributed by atoms with Gasteiger partial charge in [0.15, 0.2) is 0 Å². The number of rotatable bonds is 5. The van der Waals surface area contributed by atoms with E-state index >= 15 is 0 Å². The second kappa shape index (κ2) is 5.58. The van der Waals surface area contributed by atoms with Gasteiger partial charge in [-0.1, -0.05) is 28.9 Å². The highest BCUT2D eigenvalue weighted by Crippen LogP contribution is 2.41. The molecule has 0 bridgehead atoms. The van der Waals surface area contributed by atoms with Gasteiger partial charge in [0.25, 0.3) is 0 Å². The van der Waals surface area contributed by atoms with Crippen LogP contribution in [0.15, 0.2) is 28.8 Å². The van der Waals surface area contributed by atoms with Gasteiger partial charge in [0.05, 0.1) is 5.69 Å². The smallest absolute Gasteiger partial charge is 0.138 e. The van der Waals surface area contributed by atoms with Crippen molar-refractivity contribution in [1.82, 2.24) is 10.5 Å². The van der Waals surface area contributed by atoms with Crippen molar-refractivity contribution in [3.8, 4) is 0 Å². The molecule has 4 heteroatoms. The lowest BCUT2D eigenvalue weighted by atomic mass is 10.0. The number of nitrogens with zero attached hydrogens (tertiary/aromatic N) is 1. The van der Waals surface area contributed by atoms with Gasteiger partial charge in [0.1, 0.15) is 5.76 Å². The van der Waals surface area contributed by atoms with Crippen LogP contribution < -0.4 is 5.32 Å². The average molecular weight is 291 g/mol. The fourth-order valence-corrected chi connectivity index (χ4v) is 2.75. The van der Waals surface area contributed by atoms with Crippen LogP contribution in [0.4, 0.5) is 0 Å². The topological polar surface area (TPSA) is 38.1 Å². The molecule has 1 N–H and O–H groups in total. The van der Waals surface area contributed by atoms with Crippen molar-refractivity contribution >= 4 is 11.6 Å². The lowest BCUT2D eigenvalue weighted by Gasteiger charge is -2.19. The summed E-state index contributed by atoms with van der Waals surface area (Å²) in [6, 6.07) is 8.55. The molecule has 0 radical (unpaired) electrons. The molecule has 1 atom stereocenters. The van der Waals surface area contributed by atoms with Gasteiger partial charge < -0.3 is 9.84 Å². The molecule has 0 spiro atoms. The Morgan fingerprint density at radius 1 is 1.30 bits per heavy atom. The van der Waals surface area contributed by atoms with Crippen LogP contribution in [-0.2, 0) is 6.54 Å². The van der Waals surface area contributed by atoms with Crippen LogP contribution in [0.3, 0.4) is 0 Å². The fourth-order valence-electron chi connectivity index (χ4n) is 2.62. The molecular formula is C16H19ClN2O. The molecule has 0 saturated heterocycles. The molecule has 1 aliphatic carbocycles. The highest BCUT2D eigenvalue weighted by molar-refractivity contribution is 6.30. The highest BCUT2D eigenvalue weighted by Gasteiger charge is 2.32. The number of aryl methyl sites for hydroxylation is 2. The van der Waals surface area contributed by atoms with Gasteiger partial charge >= 0.3 is 0 Å². The summed E-state index contributed by atoms with van der Waals surface area (Å²) in [4.78, 5) is 0. The van der Waals surface area contributed by atoms with Gasteiger partial charge in [0, 0.05) is 23.2 Å². The maximum absolute atomic E-state index is 5.97. The van der Waals surface area contributed by atoms with E-state index in [1.807, 2.05) is 26.0 Å². The predicted molar refractivity (Wildman–Crippen MR) is 79.7 cm³/mol. The first-order valence-electron chi connectivity index (χ1n) is 7.05. The predicted octanol–water partition coefficient (Wildman–Crippen LogP) is 4.19. The van der Waals surface area contributed by atoms with Crippen LogP contribution in [-0.4, -0.2) is 5.16 Å². The van der Waals surface area contributed by atoms with Gasteiger partial charge in [0.2, 0.25) is 0 Å². The molecule has 1 aromatic heterocycles. The van der Waals surface area contributed by atoms with Gasteiger partial charge in [-0.3, -0.25) is 0 Å². The number of benzene rings is 1. The zero-order chi connectivity index (χ0) is 14.1. The van der Waals surface area contributed by atoms with Crippen molar-refractivity contribution in [2.45, 2.75) is 39.3 Å². The monoisotopic (exact) mass is 290 g/mol. The minimum absolute atomic E-state index is 0.390. The summed E-state index contributed by atoms with van der Waals surface area (Å²) in [6.07, 6.45) is 2.59. The van der Waals surface area contributed by atoms with Crippen LogP contribution in [0.25, 0.3) is 0 Å². The van der Waals surface area contributed by atoms with Crippen molar-refractivity contribution in [1.29, 1.82) is 0 Å². The number of aromatic nitrogens is 1. The first-order valence-corrected chi connectivity index (χ1v) is 7.43. The summed E-state index contributed by atoms with van der Waals surface area (Å²) >= 11 is 5.97. The first-order chi connectivity index (χ1) is 9.65. The summed E-state index contributed by atoms with van der Waals surface area (Å²) in [5.41, 5.74) is 3.45. The zero-order valence-electron chi connectivity index (χ0n) is 11.8. The SMILES string of the molecule is Cc1noc(C)c1CNC(c1ccc(Cl)cc1)C1CC1. The molecule has 1 fully saturated rings. The molecular weight excluding hydrogens is 272 g/mol. The van der Waals surface area contributed by atoms with Crippen LogP contribution >= 0.6 is 11.6 Å². The molecule has 1 saturated carbocycles. The second-order valence-electron chi connectivity index (χ2n) is 5.55. The number of nitrogens with one attached hydrogen (secondary N) is 1. The summed E-state index contributed by atoms with van der Waals surface area (Å²) < 4.78 is 5.22. The summed E-state index contributed by atoms with van der Waals surface area (Å²) in [5.74, 6) is 1.64.